The Balaban J connectivity index is 2.63. The van der Waals surface area contributed by atoms with Crippen LogP contribution in [0.3, 0.4) is 0 Å². The third-order valence-corrected chi connectivity index (χ3v) is 2.02. The molecule has 6 heteroatoms. The SMILES string of the molecule is Cc1oncc1-c1ncnc(Cl)c1F. The summed E-state index contributed by atoms with van der Waals surface area (Å²) in [7, 11) is 0. The van der Waals surface area contributed by atoms with Gasteiger partial charge >= 0.3 is 0 Å². The van der Waals surface area contributed by atoms with Crippen molar-refractivity contribution in [2.75, 3.05) is 0 Å². The van der Waals surface area contributed by atoms with Gasteiger partial charge in [-0.25, -0.2) is 14.4 Å². The summed E-state index contributed by atoms with van der Waals surface area (Å²) < 4.78 is 18.2. The molecule has 0 spiro atoms. The van der Waals surface area contributed by atoms with Gasteiger partial charge in [-0.3, -0.25) is 0 Å². The fraction of sp³-hybridized carbons (Fsp3) is 0.125. The highest BCUT2D eigenvalue weighted by molar-refractivity contribution is 6.29. The monoisotopic (exact) mass is 213 g/mol. The van der Waals surface area contributed by atoms with E-state index in [0.29, 0.717) is 11.3 Å². The van der Waals surface area contributed by atoms with E-state index in [1.165, 1.54) is 12.5 Å². The average molecular weight is 214 g/mol. The van der Waals surface area contributed by atoms with Gasteiger partial charge in [-0.05, 0) is 6.92 Å². The van der Waals surface area contributed by atoms with Gasteiger partial charge in [-0.2, -0.15) is 0 Å². The van der Waals surface area contributed by atoms with Crippen molar-refractivity contribution in [3.05, 3.63) is 29.3 Å². The van der Waals surface area contributed by atoms with Crippen molar-refractivity contribution in [2.24, 2.45) is 0 Å². The first-order valence-corrected chi connectivity index (χ1v) is 4.15. The number of aromatic nitrogens is 3. The van der Waals surface area contributed by atoms with Crippen LogP contribution >= 0.6 is 11.6 Å². The molecular formula is C8H5ClFN3O. The molecule has 0 aliphatic carbocycles. The molecule has 0 aliphatic rings. The largest absolute Gasteiger partial charge is 0.361 e. The Morgan fingerprint density at radius 2 is 2.21 bits per heavy atom. The summed E-state index contributed by atoms with van der Waals surface area (Å²) in [5.74, 6) is -0.181. The van der Waals surface area contributed by atoms with Gasteiger partial charge in [0.25, 0.3) is 0 Å². The molecule has 0 atom stereocenters. The van der Waals surface area contributed by atoms with E-state index in [-0.39, 0.29) is 10.8 Å². The number of nitrogens with zero attached hydrogens (tertiary/aromatic N) is 3. The zero-order chi connectivity index (χ0) is 10.1. The fourth-order valence-electron chi connectivity index (χ4n) is 1.06. The van der Waals surface area contributed by atoms with Crippen molar-refractivity contribution in [1.29, 1.82) is 0 Å². The van der Waals surface area contributed by atoms with Crippen LogP contribution in [0, 0.1) is 12.7 Å². The van der Waals surface area contributed by atoms with Crippen LogP contribution in [0.5, 0.6) is 0 Å². The van der Waals surface area contributed by atoms with Crippen LogP contribution in [0.4, 0.5) is 4.39 Å². The molecule has 0 fully saturated rings. The molecule has 2 aromatic rings. The van der Waals surface area contributed by atoms with E-state index in [9.17, 15) is 4.39 Å². The molecule has 0 unspecified atom stereocenters. The van der Waals surface area contributed by atoms with Crippen molar-refractivity contribution < 1.29 is 8.91 Å². The molecule has 0 aromatic carbocycles. The average Bonchev–Trinajstić information content (AvgIpc) is 2.57. The summed E-state index contributed by atoms with van der Waals surface area (Å²) in [6.45, 7) is 1.66. The predicted molar refractivity (Wildman–Crippen MR) is 47.2 cm³/mol. The first-order valence-electron chi connectivity index (χ1n) is 3.78. The van der Waals surface area contributed by atoms with Crippen LogP contribution in [0.25, 0.3) is 11.3 Å². The highest BCUT2D eigenvalue weighted by Crippen LogP contribution is 2.25. The molecule has 0 saturated heterocycles. The molecule has 0 amide bonds. The van der Waals surface area contributed by atoms with Gasteiger partial charge in [0.2, 0.25) is 0 Å². The van der Waals surface area contributed by atoms with Gasteiger partial charge in [-0.15, -0.1) is 0 Å². The Kier molecular flexibility index (Phi) is 2.17. The van der Waals surface area contributed by atoms with E-state index in [4.69, 9.17) is 16.1 Å². The van der Waals surface area contributed by atoms with Gasteiger partial charge in [0, 0.05) is 0 Å². The highest BCUT2D eigenvalue weighted by atomic mass is 35.5. The van der Waals surface area contributed by atoms with Crippen LogP contribution in [0.15, 0.2) is 17.0 Å². The van der Waals surface area contributed by atoms with Crippen molar-refractivity contribution in [3.63, 3.8) is 0 Å². The maximum atomic E-state index is 13.4. The molecule has 0 bridgehead atoms. The summed E-state index contributed by atoms with van der Waals surface area (Å²) in [6.07, 6.45) is 2.57. The molecule has 0 N–H and O–H groups in total. The van der Waals surface area contributed by atoms with Gasteiger partial charge in [0.1, 0.15) is 17.8 Å². The molecule has 2 rings (SSSR count). The minimum atomic E-state index is -0.666. The molecule has 0 aliphatic heterocycles. The second-order valence-electron chi connectivity index (χ2n) is 2.62. The van der Waals surface area contributed by atoms with E-state index >= 15 is 0 Å². The lowest BCUT2D eigenvalue weighted by Crippen LogP contribution is -1.92. The number of halogens is 2. The maximum absolute atomic E-state index is 13.4. The zero-order valence-corrected chi connectivity index (χ0v) is 7.92. The van der Waals surface area contributed by atoms with E-state index in [0.717, 1.165) is 0 Å². The lowest BCUT2D eigenvalue weighted by molar-refractivity contribution is 0.398. The van der Waals surface area contributed by atoms with Crippen molar-refractivity contribution in [1.82, 2.24) is 15.1 Å². The van der Waals surface area contributed by atoms with E-state index in [1.54, 1.807) is 6.92 Å². The summed E-state index contributed by atoms with van der Waals surface area (Å²) in [5.41, 5.74) is 0.579. The molecular weight excluding hydrogens is 209 g/mol. The predicted octanol–water partition coefficient (Wildman–Crippen LogP) is 2.23. The standard InChI is InChI=1S/C8H5ClFN3O/c1-4-5(2-13-14-4)7-6(10)8(9)12-3-11-7/h2-3H,1H3. The zero-order valence-electron chi connectivity index (χ0n) is 7.16. The van der Waals surface area contributed by atoms with Crippen LogP contribution < -0.4 is 0 Å². The molecule has 72 valence electrons. The summed E-state index contributed by atoms with van der Waals surface area (Å²) in [5, 5.41) is 3.31. The highest BCUT2D eigenvalue weighted by Gasteiger charge is 2.15. The Morgan fingerprint density at radius 1 is 1.43 bits per heavy atom. The second-order valence-corrected chi connectivity index (χ2v) is 2.98. The normalized spacial score (nSPS) is 10.5. The van der Waals surface area contributed by atoms with E-state index in [2.05, 4.69) is 15.1 Å². The molecule has 14 heavy (non-hydrogen) atoms. The third-order valence-electron chi connectivity index (χ3n) is 1.75. The summed E-state index contributed by atoms with van der Waals surface area (Å²) in [4.78, 5) is 7.28. The van der Waals surface area contributed by atoms with Crippen molar-refractivity contribution in [2.45, 2.75) is 6.92 Å². The van der Waals surface area contributed by atoms with E-state index < -0.39 is 5.82 Å². The number of rotatable bonds is 1. The van der Waals surface area contributed by atoms with Crippen molar-refractivity contribution in [3.8, 4) is 11.3 Å². The Morgan fingerprint density at radius 3 is 2.86 bits per heavy atom. The maximum Gasteiger partial charge on any atom is 0.186 e. The van der Waals surface area contributed by atoms with Gasteiger partial charge in [0.05, 0.1) is 11.8 Å². The molecule has 0 saturated carbocycles. The van der Waals surface area contributed by atoms with Crippen LogP contribution in [0.1, 0.15) is 5.76 Å². The number of aryl methyl sites for hydroxylation is 1. The van der Waals surface area contributed by atoms with Gasteiger partial charge in [-0.1, -0.05) is 16.8 Å². The van der Waals surface area contributed by atoms with Crippen LogP contribution in [0.2, 0.25) is 5.15 Å². The van der Waals surface area contributed by atoms with Gasteiger partial charge in [0.15, 0.2) is 11.0 Å². The lowest BCUT2D eigenvalue weighted by Gasteiger charge is -1.99. The van der Waals surface area contributed by atoms with E-state index in [1.807, 2.05) is 0 Å². The minimum Gasteiger partial charge on any atom is -0.361 e. The number of hydrogen-bond acceptors (Lipinski definition) is 4. The Bertz CT molecular complexity index is 471. The summed E-state index contributed by atoms with van der Waals surface area (Å²) in [6, 6.07) is 0. The second kappa shape index (κ2) is 3.34. The first kappa shape index (κ1) is 9.08. The summed E-state index contributed by atoms with van der Waals surface area (Å²) >= 11 is 5.51. The topological polar surface area (TPSA) is 51.8 Å². The Hall–Kier alpha value is -1.49. The fourth-order valence-corrected chi connectivity index (χ4v) is 1.20. The Labute approximate surface area is 83.7 Å². The molecule has 4 nitrogen and oxygen atoms in total. The molecule has 2 heterocycles. The van der Waals surface area contributed by atoms with Gasteiger partial charge < -0.3 is 4.52 Å². The molecule has 0 radical (unpaired) electrons. The first-order chi connectivity index (χ1) is 6.70. The third kappa shape index (κ3) is 1.35. The quantitative estimate of drug-likeness (QED) is 0.682. The smallest absolute Gasteiger partial charge is 0.186 e. The number of hydrogen-bond donors (Lipinski definition) is 0. The minimum absolute atomic E-state index is 0.101. The van der Waals surface area contributed by atoms with Crippen molar-refractivity contribution >= 4 is 11.6 Å². The van der Waals surface area contributed by atoms with Crippen LogP contribution in [-0.4, -0.2) is 15.1 Å². The molecule has 2 aromatic heterocycles. The lowest BCUT2D eigenvalue weighted by atomic mass is 10.2. The van der Waals surface area contributed by atoms with Crippen LogP contribution in [-0.2, 0) is 0 Å².